The van der Waals surface area contributed by atoms with Crippen molar-refractivity contribution in [3.63, 3.8) is 0 Å². The molecule has 0 aliphatic heterocycles. The minimum absolute atomic E-state index is 0.131. The summed E-state index contributed by atoms with van der Waals surface area (Å²) in [5, 5.41) is 22.2. The Hall–Kier alpha value is -0.450. The maximum Gasteiger partial charge on any atom is 0.125 e. The highest BCUT2D eigenvalue weighted by atomic mass is 16.3. The molecule has 4 nitrogen and oxygen atoms in total. The number of carbonyl (C=O) groups excluding carboxylic acids is 1. The standard InChI is InChI=1S/C9H15NO3/c1-10-7-6(3-11)4-2-5(4)8(12)9(7)13/h3-10,12-13H,2H2,1H3. The number of aliphatic hydroxyl groups is 2. The Morgan fingerprint density at radius 2 is 2.00 bits per heavy atom. The van der Waals surface area contributed by atoms with Crippen molar-refractivity contribution in [2.24, 2.45) is 17.8 Å². The summed E-state index contributed by atoms with van der Waals surface area (Å²) in [6.45, 7) is 0. The number of aliphatic hydroxyl groups excluding tert-OH is 2. The fraction of sp³-hybridized carbons (Fsp3) is 0.889. The molecule has 2 rings (SSSR count). The third-order valence-corrected chi connectivity index (χ3v) is 3.45. The van der Waals surface area contributed by atoms with Gasteiger partial charge in [0.1, 0.15) is 6.29 Å². The van der Waals surface area contributed by atoms with Gasteiger partial charge in [0.25, 0.3) is 0 Å². The molecule has 0 radical (unpaired) electrons. The lowest BCUT2D eigenvalue weighted by atomic mass is 9.81. The molecule has 0 aromatic rings. The summed E-state index contributed by atoms with van der Waals surface area (Å²) in [6.07, 6.45) is 0.323. The average Bonchev–Trinajstić information content (AvgIpc) is 2.90. The van der Waals surface area contributed by atoms with Crippen LogP contribution in [0.4, 0.5) is 0 Å². The van der Waals surface area contributed by atoms with Crippen LogP contribution in [0.25, 0.3) is 0 Å². The molecule has 13 heavy (non-hydrogen) atoms. The van der Waals surface area contributed by atoms with Gasteiger partial charge in [-0.15, -0.1) is 0 Å². The summed E-state index contributed by atoms with van der Waals surface area (Å²) in [5.41, 5.74) is 0. The van der Waals surface area contributed by atoms with Gasteiger partial charge in [0.05, 0.1) is 12.2 Å². The molecule has 0 bridgehead atoms. The molecule has 0 aromatic heterocycles. The van der Waals surface area contributed by atoms with Gasteiger partial charge in [-0.3, -0.25) is 0 Å². The highest BCUT2D eigenvalue weighted by Crippen LogP contribution is 2.52. The zero-order valence-electron chi connectivity index (χ0n) is 7.55. The molecule has 2 aliphatic carbocycles. The van der Waals surface area contributed by atoms with E-state index < -0.39 is 12.2 Å². The summed E-state index contributed by atoms with van der Waals surface area (Å²) in [4.78, 5) is 10.8. The quantitative estimate of drug-likeness (QED) is 0.471. The molecule has 2 fully saturated rings. The van der Waals surface area contributed by atoms with Gasteiger partial charge in [0, 0.05) is 12.0 Å². The second kappa shape index (κ2) is 3.04. The number of rotatable bonds is 2. The van der Waals surface area contributed by atoms with Crippen LogP contribution >= 0.6 is 0 Å². The van der Waals surface area contributed by atoms with Gasteiger partial charge in [0.15, 0.2) is 0 Å². The van der Waals surface area contributed by atoms with Crippen molar-refractivity contribution in [2.45, 2.75) is 24.7 Å². The fourth-order valence-corrected chi connectivity index (χ4v) is 2.58. The maximum absolute atomic E-state index is 10.8. The van der Waals surface area contributed by atoms with Crippen LogP contribution in [0.15, 0.2) is 0 Å². The number of hydrogen-bond donors (Lipinski definition) is 3. The zero-order valence-corrected chi connectivity index (χ0v) is 7.55. The van der Waals surface area contributed by atoms with Gasteiger partial charge in [-0.1, -0.05) is 0 Å². The van der Waals surface area contributed by atoms with E-state index in [9.17, 15) is 15.0 Å². The van der Waals surface area contributed by atoms with Crippen molar-refractivity contribution < 1.29 is 15.0 Å². The van der Waals surface area contributed by atoms with Gasteiger partial charge in [-0.05, 0) is 25.3 Å². The Morgan fingerprint density at radius 1 is 1.31 bits per heavy atom. The maximum atomic E-state index is 10.8. The summed E-state index contributed by atoms with van der Waals surface area (Å²) in [5.74, 6) is 0.302. The number of carbonyl (C=O) groups is 1. The lowest BCUT2D eigenvalue weighted by molar-refractivity contribution is -0.118. The molecule has 6 unspecified atom stereocenters. The van der Waals surface area contributed by atoms with E-state index in [1.165, 1.54) is 0 Å². The first kappa shape index (κ1) is 9.12. The van der Waals surface area contributed by atoms with Gasteiger partial charge in [0.2, 0.25) is 0 Å². The molecule has 4 heteroatoms. The smallest absolute Gasteiger partial charge is 0.125 e. The van der Waals surface area contributed by atoms with E-state index in [0.717, 1.165) is 12.7 Å². The van der Waals surface area contributed by atoms with Crippen LogP contribution in [-0.4, -0.2) is 41.8 Å². The van der Waals surface area contributed by atoms with Crippen molar-refractivity contribution in [1.82, 2.24) is 5.32 Å². The van der Waals surface area contributed by atoms with E-state index in [4.69, 9.17) is 0 Å². The van der Waals surface area contributed by atoms with Crippen LogP contribution in [0.1, 0.15) is 6.42 Å². The number of hydrogen-bond acceptors (Lipinski definition) is 4. The largest absolute Gasteiger partial charge is 0.390 e. The van der Waals surface area contributed by atoms with Crippen LogP contribution in [-0.2, 0) is 4.79 Å². The predicted molar refractivity (Wildman–Crippen MR) is 46.0 cm³/mol. The Balaban J connectivity index is 2.17. The molecule has 2 saturated carbocycles. The fourth-order valence-electron chi connectivity index (χ4n) is 2.58. The van der Waals surface area contributed by atoms with Crippen molar-refractivity contribution >= 4 is 6.29 Å². The topological polar surface area (TPSA) is 69.6 Å². The first-order valence-electron chi connectivity index (χ1n) is 4.69. The molecule has 0 aromatic carbocycles. The van der Waals surface area contributed by atoms with E-state index in [-0.39, 0.29) is 23.8 Å². The third-order valence-electron chi connectivity index (χ3n) is 3.45. The van der Waals surface area contributed by atoms with Crippen molar-refractivity contribution in [3.8, 4) is 0 Å². The molecule has 0 spiro atoms. The van der Waals surface area contributed by atoms with E-state index in [2.05, 4.69) is 5.32 Å². The Bertz CT molecular complexity index is 221. The average molecular weight is 185 g/mol. The summed E-state index contributed by atoms with van der Waals surface area (Å²) >= 11 is 0. The highest BCUT2D eigenvalue weighted by molar-refractivity contribution is 5.57. The van der Waals surface area contributed by atoms with Gasteiger partial charge >= 0.3 is 0 Å². The van der Waals surface area contributed by atoms with Crippen molar-refractivity contribution in [1.29, 1.82) is 0 Å². The second-order valence-electron chi connectivity index (χ2n) is 4.07. The van der Waals surface area contributed by atoms with E-state index >= 15 is 0 Å². The summed E-state index contributed by atoms with van der Waals surface area (Å²) in [6, 6.07) is -0.281. The Kier molecular flexibility index (Phi) is 2.14. The molecule has 0 heterocycles. The summed E-state index contributed by atoms with van der Waals surface area (Å²) < 4.78 is 0. The molecule has 74 valence electrons. The van der Waals surface area contributed by atoms with E-state index in [1.54, 1.807) is 7.05 Å². The van der Waals surface area contributed by atoms with Crippen LogP contribution in [0, 0.1) is 17.8 Å². The SMILES string of the molecule is CNC1C(O)C(O)C2CC2C1C=O. The number of nitrogens with one attached hydrogen (secondary N) is 1. The number of aldehydes is 1. The van der Waals surface area contributed by atoms with Gasteiger partial charge in [-0.25, -0.2) is 0 Å². The third kappa shape index (κ3) is 1.21. The van der Waals surface area contributed by atoms with Crippen LogP contribution in [0.2, 0.25) is 0 Å². The van der Waals surface area contributed by atoms with Crippen molar-refractivity contribution in [3.05, 3.63) is 0 Å². The van der Waals surface area contributed by atoms with Crippen LogP contribution in [0.5, 0.6) is 0 Å². The number of likely N-dealkylation sites (N-methyl/N-ethyl adjacent to an activating group) is 1. The minimum Gasteiger partial charge on any atom is -0.390 e. The Labute approximate surface area is 76.9 Å². The molecule has 0 saturated heterocycles. The number of fused-ring (bicyclic) bond motifs is 1. The normalized spacial score (nSPS) is 54.1. The Morgan fingerprint density at radius 3 is 2.54 bits per heavy atom. The van der Waals surface area contributed by atoms with Crippen LogP contribution < -0.4 is 5.32 Å². The molecule has 0 amide bonds. The summed E-state index contributed by atoms with van der Waals surface area (Å²) in [7, 11) is 1.71. The minimum atomic E-state index is -0.802. The van der Waals surface area contributed by atoms with Gasteiger partial charge in [-0.2, -0.15) is 0 Å². The zero-order chi connectivity index (χ0) is 9.59. The molecular formula is C9H15NO3. The predicted octanol–water partition coefficient (Wildman–Crippen LogP) is -1.24. The molecular weight excluding hydrogens is 170 g/mol. The first-order valence-corrected chi connectivity index (χ1v) is 4.69. The molecule has 2 aliphatic rings. The molecule has 6 atom stereocenters. The first-order chi connectivity index (χ1) is 6.20. The lowest BCUT2D eigenvalue weighted by Crippen LogP contribution is -2.54. The monoisotopic (exact) mass is 185 g/mol. The lowest BCUT2D eigenvalue weighted by Gasteiger charge is -2.35. The highest BCUT2D eigenvalue weighted by Gasteiger charge is 2.57. The van der Waals surface area contributed by atoms with Crippen LogP contribution in [0.3, 0.4) is 0 Å². The van der Waals surface area contributed by atoms with Crippen molar-refractivity contribution in [2.75, 3.05) is 7.05 Å². The molecule has 3 N–H and O–H groups in total. The second-order valence-corrected chi connectivity index (χ2v) is 4.07. The van der Waals surface area contributed by atoms with Gasteiger partial charge < -0.3 is 20.3 Å². The van der Waals surface area contributed by atoms with E-state index in [0.29, 0.717) is 0 Å². The van der Waals surface area contributed by atoms with E-state index in [1.807, 2.05) is 0 Å².